The standard InChI is InChI=1S/C25H28N4O4/c26-8-3-9-33-18-7-6-16-13-29(14-17(16)10-18)25(32)20-11-19-21(12-22(20)30)27-28-23(19)24(31)15-4-1-2-5-15/h6-7,10-12,15,30H,1-5,8-9,13-14,26H2,(H,27,28). The van der Waals surface area contributed by atoms with Gasteiger partial charge in [0.05, 0.1) is 17.7 Å². The highest BCUT2D eigenvalue weighted by atomic mass is 16.5. The zero-order valence-corrected chi connectivity index (χ0v) is 18.5. The number of aromatic nitrogens is 2. The summed E-state index contributed by atoms with van der Waals surface area (Å²) in [5, 5.41) is 18.2. The van der Waals surface area contributed by atoms with Crippen LogP contribution in [0.3, 0.4) is 0 Å². The van der Waals surface area contributed by atoms with Crippen molar-refractivity contribution >= 4 is 22.6 Å². The van der Waals surface area contributed by atoms with Gasteiger partial charge in [-0.25, -0.2) is 0 Å². The van der Waals surface area contributed by atoms with Gasteiger partial charge in [0.2, 0.25) is 0 Å². The highest BCUT2D eigenvalue weighted by Gasteiger charge is 2.30. The lowest BCUT2D eigenvalue weighted by Gasteiger charge is -2.16. The van der Waals surface area contributed by atoms with E-state index in [0.717, 1.165) is 49.0 Å². The average molecular weight is 449 g/mol. The Bertz CT molecular complexity index is 1210. The van der Waals surface area contributed by atoms with Crippen molar-refractivity contribution in [1.82, 2.24) is 15.1 Å². The molecule has 8 nitrogen and oxygen atoms in total. The van der Waals surface area contributed by atoms with Gasteiger partial charge in [-0.1, -0.05) is 18.9 Å². The number of benzene rings is 2. The largest absolute Gasteiger partial charge is 0.507 e. The summed E-state index contributed by atoms with van der Waals surface area (Å²) in [6, 6.07) is 8.91. The third kappa shape index (κ3) is 4.06. The van der Waals surface area contributed by atoms with Crippen LogP contribution in [-0.2, 0) is 13.1 Å². The van der Waals surface area contributed by atoms with Crippen molar-refractivity contribution in [2.45, 2.75) is 45.2 Å². The first kappa shape index (κ1) is 21.5. The molecule has 172 valence electrons. The lowest BCUT2D eigenvalue weighted by Crippen LogP contribution is -2.25. The number of ether oxygens (including phenoxy) is 1. The van der Waals surface area contributed by atoms with Gasteiger partial charge < -0.3 is 20.5 Å². The van der Waals surface area contributed by atoms with Crippen LogP contribution in [0.25, 0.3) is 10.9 Å². The predicted octanol–water partition coefficient (Wildman–Crippen LogP) is 3.53. The van der Waals surface area contributed by atoms with Gasteiger partial charge >= 0.3 is 0 Å². The number of amides is 1. The molecule has 2 aliphatic rings. The molecular weight excluding hydrogens is 420 g/mol. The van der Waals surface area contributed by atoms with E-state index in [1.54, 1.807) is 11.0 Å². The Morgan fingerprint density at radius 1 is 1.15 bits per heavy atom. The van der Waals surface area contributed by atoms with Crippen LogP contribution in [0.4, 0.5) is 0 Å². The van der Waals surface area contributed by atoms with Gasteiger partial charge in [-0.3, -0.25) is 14.7 Å². The quantitative estimate of drug-likeness (QED) is 0.376. The molecule has 1 saturated carbocycles. The molecule has 0 saturated heterocycles. The minimum atomic E-state index is -0.281. The van der Waals surface area contributed by atoms with Gasteiger partial charge in [0.15, 0.2) is 5.78 Å². The summed E-state index contributed by atoms with van der Waals surface area (Å²) in [5.41, 5.74) is 8.68. The van der Waals surface area contributed by atoms with E-state index in [1.165, 1.54) is 6.07 Å². The number of nitrogens with zero attached hydrogens (tertiary/aromatic N) is 2. The monoisotopic (exact) mass is 448 g/mol. The maximum absolute atomic E-state index is 13.3. The Morgan fingerprint density at radius 2 is 1.94 bits per heavy atom. The fraction of sp³-hybridized carbons (Fsp3) is 0.400. The zero-order chi connectivity index (χ0) is 22.9. The maximum atomic E-state index is 13.3. The highest BCUT2D eigenvalue weighted by Crippen LogP contribution is 2.34. The molecule has 0 bridgehead atoms. The summed E-state index contributed by atoms with van der Waals surface area (Å²) in [6.45, 7) is 2.01. The van der Waals surface area contributed by atoms with Gasteiger partial charge in [-0.05, 0) is 55.1 Å². The van der Waals surface area contributed by atoms with Crippen LogP contribution < -0.4 is 10.5 Å². The maximum Gasteiger partial charge on any atom is 0.258 e. The van der Waals surface area contributed by atoms with Crippen LogP contribution in [-0.4, -0.2) is 45.0 Å². The Hall–Kier alpha value is -3.39. The van der Waals surface area contributed by atoms with Crippen LogP contribution in [0.5, 0.6) is 11.5 Å². The number of rotatable bonds is 7. The number of nitrogens with one attached hydrogen (secondary N) is 1. The van der Waals surface area contributed by atoms with Crippen molar-refractivity contribution in [3.05, 3.63) is 52.7 Å². The number of aromatic hydroxyl groups is 1. The van der Waals surface area contributed by atoms with Crippen LogP contribution in [0.1, 0.15) is 64.1 Å². The summed E-state index contributed by atoms with van der Waals surface area (Å²) in [4.78, 5) is 28.0. The number of H-pyrrole nitrogens is 1. The molecule has 5 rings (SSSR count). The van der Waals surface area contributed by atoms with E-state index in [4.69, 9.17) is 10.5 Å². The lowest BCUT2D eigenvalue weighted by atomic mass is 9.97. The molecule has 8 heteroatoms. The molecule has 1 aliphatic heterocycles. The van der Waals surface area contributed by atoms with Crippen molar-refractivity contribution in [3.8, 4) is 11.5 Å². The number of nitrogens with two attached hydrogens (primary N) is 1. The molecule has 33 heavy (non-hydrogen) atoms. The number of phenols is 1. The number of fused-ring (bicyclic) bond motifs is 2. The summed E-state index contributed by atoms with van der Waals surface area (Å²) in [7, 11) is 0. The molecule has 0 atom stereocenters. The van der Waals surface area contributed by atoms with Crippen LogP contribution in [0.15, 0.2) is 30.3 Å². The summed E-state index contributed by atoms with van der Waals surface area (Å²) in [5.74, 6) is 0.348. The molecule has 0 spiro atoms. The van der Waals surface area contributed by atoms with Gasteiger partial charge in [-0.2, -0.15) is 5.10 Å². The molecule has 1 amide bonds. The van der Waals surface area contributed by atoms with Crippen molar-refractivity contribution in [2.24, 2.45) is 11.7 Å². The van der Waals surface area contributed by atoms with Crippen molar-refractivity contribution in [1.29, 1.82) is 0 Å². The normalized spacial score (nSPS) is 15.8. The van der Waals surface area contributed by atoms with Gasteiger partial charge in [-0.15, -0.1) is 0 Å². The number of aromatic amines is 1. The second kappa shape index (κ2) is 8.86. The topological polar surface area (TPSA) is 122 Å². The molecular formula is C25H28N4O4. The van der Waals surface area contributed by atoms with E-state index in [-0.39, 0.29) is 28.9 Å². The lowest BCUT2D eigenvalue weighted by molar-refractivity contribution is 0.0748. The number of phenolic OH excluding ortho intramolecular Hbond substituents is 1. The van der Waals surface area contributed by atoms with Crippen molar-refractivity contribution in [3.63, 3.8) is 0 Å². The smallest absolute Gasteiger partial charge is 0.258 e. The Balaban J connectivity index is 1.38. The van der Waals surface area contributed by atoms with E-state index in [2.05, 4.69) is 10.2 Å². The molecule has 2 heterocycles. The fourth-order valence-corrected chi connectivity index (χ4v) is 4.84. The second-order valence-corrected chi connectivity index (χ2v) is 8.92. The van der Waals surface area contributed by atoms with Crippen molar-refractivity contribution < 1.29 is 19.4 Å². The van der Waals surface area contributed by atoms with Gasteiger partial charge in [0, 0.05) is 30.5 Å². The van der Waals surface area contributed by atoms with Gasteiger partial charge in [0.1, 0.15) is 17.2 Å². The number of ketones is 1. The number of hydrogen-bond donors (Lipinski definition) is 3. The minimum Gasteiger partial charge on any atom is -0.507 e. The Morgan fingerprint density at radius 3 is 2.73 bits per heavy atom. The molecule has 4 N–H and O–H groups in total. The SMILES string of the molecule is NCCCOc1ccc2c(c1)CN(C(=O)c1cc3c(C(=O)C4CCCC4)n[nH]c3cc1O)C2. The average Bonchev–Trinajstić information content (AvgIpc) is 3.56. The Labute approximate surface area is 191 Å². The van der Waals surface area contributed by atoms with Crippen LogP contribution in [0.2, 0.25) is 0 Å². The molecule has 0 radical (unpaired) electrons. The fourth-order valence-electron chi connectivity index (χ4n) is 4.84. The third-order valence-corrected chi connectivity index (χ3v) is 6.67. The van der Waals surface area contributed by atoms with Crippen LogP contribution >= 0.6 is 0 Å². The number of carbonyl (C=O) groups excluding carboxylic acids is 2. The first-order valence-electron chi connectivity index (χ1n) is 11.5. The van der Waals surface area contributed by atoms with E-state index < -0.39 is 0 Å². The molecule has 0 unspecified atom stereocenters. The first-order valence-corrected chi connectivity index (χ1v) is 11.5. The molecule has 3 aromatic rings. The predicted molar refractivity (Wildman–Crippen MR) is 123 cm³/mol. The first-order chi connectivity index (χ1) is 16.0. The molecule has 2 aromatic carbocycles. The minimum absolute atomic E-state index is 0.0126. The number of hydrogen-bond acceptors (Lipinski definition) is 6. The summed E-state index contributed by atoms with van der Waals surface area (Å²) in [6.07, 6.45) is 4.64. The molecule has 1 fully saturated rings. The number of carbonyl (C=O) groups is 2. The highest BCUT2D eigenvalue weighted by molar-refractivity contribution is 6.10. The van der Waals surface area contributed by atoms with Crippen LogP contribution in [0, 0.1) is 5.92 Å². The summed E-state index contributed by atoms with van der Waals surface area (Å²) < 4.78 is 5.72. The van der Waals surface area contributed by atoms with E-state index in [1.807, 2.05) is 18.2 Å². The zero-order valence-electron chi connectivity index (χ0n) is 18.5. The van der Waals surface area contributed by atoms with E-state index in [9.17, 15) is 14.7 Å². The number of Topliss-reactive ketones (excluding diaryl/α,β-unsaturated/α-hetero) is 1. The van der Waals surface area contributed by atoms with Crippen molar-refractivity contribution in [2.75, 3.05) is 13.2 Å². The van der Waals surface area contributed by atoms with E-state index in [0.29, 0.717) is 42.8 Å². The molecule has 1 aromatic heterocycles. The Kier molecular flexibility index (Phi) is 5.76. The molecule has 1 aliphatic carbocycles. The van der Waals surface area contributed by atoms with E-state index >= 15 is 0 Å². The van der Waals surface area contributed by atoms with Gasteiger partial charge in [0.25, 0.3) is 5.91 Å². The third-order valence-electron chi connectivity index (χ3n) is 6.67. The second-order valence-electron chi connectivity index (χ2n) is 8.92. The summed E-state index contributed by atoms with van der Waals surface area (Å²) >= 11 is 0.